The van der Waals surface area contributed by atoms with E-state index in [1.165, 1.54) is 0 Å². The minimum Gasteiger partial charge on any atom is -0.490 e. The van der Waals surface area contributed by atoms with Crippen LogP contribution in [0.2, 0.25) is 0 Å². The number of rotatable bonds is 2. The first-order valence-electron chi connectivity index (χ1n) is 7.00. The highest BCUT2D eigenvalue weighted by molar-refractivity contribution is 5.41. The predicted molar refractivity (Wildman–Crippen MR) is 73.2 cm³/mol. The minimum atomic E-state index is -0.0189. The molecule has 1 spiro atoms. The Morgan fingerprint density at radius 3 is 2.58 bits per heavy atom. The van der Waals surface area contributed by atoms with E-state index < -0.39 is 0 Å². The second kappa shape index (κ2) is 5.39. The lowest BCUT2D eigenvalue weighted by Gasteiger charge is -2.43. The van der Waals surface area contributed by atoms with E-state index in [0.29, 0.717) is 0 Å². The Hall–Kier alpha value is -1.26. The first-order chi connectivity index (χ1) is 9.26. The van der Waals surface area contributed by atoms with Crippen LogP contribution in [0.1, 0.15) is 25.7 Å². The van der Waals surface area contributed by atoms with Crippen molar-refractivity contribution < 1.29 is 14.2 Å². The van der Waals surface area contributed by atoms with Crippen molar-refractivity contribution in [2.75, 3.05) is 25.6 Å². The van der Waals surface area contributed by atoms with E-state index in [1.807, 2.05) is 24.3 Å². The maximum Gasteiger partial charge on any atom is 0.119 e. The molecular formula is C15H21NO3. The standard InChI is InChI=1S/C15H21NO3/c16-12-1-3-13(4-2-12)19-14-5-8-18-15(11-14)6-9-17-10-7-15/h1-4,14H,5-11,16H2. The minimum absolute atomic E-state index is 0.0189. The molecule has 4 heteroatoms. The molecule has 1 atom stereocenters. The van der Waals surface area contributed by atoms with Crippen molar-refractivity contribution in [1.29, 1.82) is 0 Å². The summed E-state index contributed by atoms with van der Waals surface area (Å²) in [4.78, 5) is 0. The van der Waals surface area contributed by atoms with Gasteiger partial charge in [-0.05, 0) is 37.1 Å². The van der Waals surface area contributed by atoms with Crippen LogP contribution in [0.15, 0.2) is 24.3 Å². The summed E-state index contributed by atoms with van der Waals surface area (Å²) in [7, 11) is 0. The van der Waals surface area contributed by atoms with Crippen LogP contribution in [-0.2, 0) is 9.47 Å². The Morgan fingerprint density at radius 2 is 1.84 bits per heavy atom. The van der Waals surface area contributed by atoms with Crippen LogP contribution in [0.3, 0.4) is 0 Å². The molecule has 0 bridgehead atoms. The van der Waals surface area contributed by atoms with Gasteiger partial charge < -0.3 is 19.9 Å². The first kappa shape index (κ1) is 12.8. The van der Waals surface area contributed by atoms with E-state index >= 15 is 0 Å². The first-order valence-corrected chi connectivity index (χ1v) is 7.00. The lowest BCUT2D eigenvalue weighted by atomic mass is 9.85. The molecule has 1 unspecified atom stereocenters. The number of ether oxygens (including phenoxy) is 3. The fourth-order valence-corrected chi connectivity index (χ4v) is 2.91. The van der Waals surface area contributed by atoms with E-state index in [-0.39, 0.29) is 11.7 Å². The summed E-state index contributed by atoms with van der Waals surface area (Å²) >= 11 is 0. The second-order valence-electron chi connectivity index (χ2n) is 5.45. The van der Waals surface area contributed by atoms with Crippen molar-refractivity contribution in [3.05, 3.63) is 24.3 Å². The third-order valence-electron chi connectivity index (χ3n) is 4.03. The number of nitrogens with two attached hydrogens (primary N) is 1. The quantitative estimate of drug-likeness (QED) is 0.832. The monoisotopic (exact) mass is 263 g/mol. The van der Waals surface area contributed by atoms with Gasteiger partial charge in [0.05, 0.1) is 12.2 Å². The third kappa shape index (κ3) is 3.01. The van der Waals surface area contributed by atoms with Crippen molar-refractivity contribution in [1.82, 2.24) is 0 Å². The topological polar surface area (TPSA) is 53.7 Å². The second-order valence-corrected chi connectivity index (χ2v) is 5.45. The Balaban J connectivity index is 1.63. The van der Waals surface area contributed by atoms with Gasteiger partial charge in [-0.25, -0.2) is 0 Å². The van der Waals surface area contributed by atoms with Crippen LogP contribution in [0.25, 0.3) is 0 Å². The molecule has 1 aromatic rings. The third-order valence-corrected chi connectivity index (χ3v) is 4.03. The summed E-state index contributed by atoms with van der Waals surface area (Å²) in [6.07, 6.45) is 4.10. The number of hydrogen-bond donors (Lipinski definition) is 1. The molecule has 1 aromatic carbocycles. The van der Waals surface area contributed by atoms with Gasteiger partial charge in [-0.1, -0.05) is 0 Å². The Bertz CT molecular complexity index is 406. The fraction of sp³-hybridized carbons (Fsp3) is 0.600. The lowest BCUT2D eigenvalue weighted by Crippen LogP contribution is -2.47. The highest BCUT2D eigenvalue weighted by Crippen LogP contribution is 2.35. The summed E-state index contributed by atoms with van der Waals surface area (Å²) < 4.78 is 17.5. The number of hydrogen-bond acceptors (Lipinski definition) is 4. The van der Waals surface area contributed by atoms with Crippen LogP contribution in [0, 0.1) is 0 Å². The molecule has 0 amide bonds. The highest BCUT2D eigenvalue weighted by atomic mass is 16.5. The lowest BCUT2D eigenvalue weighted by molar-refractivity contribution is -0.155. The molecule has 19 heavy (non-hydrogen) atoms. The molecular weight excluding hydrogens is 242 g/mol. The summed E-state index contributed by atoms with van der Waals surface area (Å²) in [5, 5.41) is 0. The van der Waals surface area contributed by atoms with Crippen LogP contribution in [-0.4, -0.2) is 31.5 Å². The molecule has 0 aliphatic carbocycles. The maximum absolute atomic E-state index is 6.06. The van der Waals surface area contributed by atoms with Gasteiger partial charge in [-0.3, -0.25) is 0 Å². The normalized spacial score (nSPS) is 26.2. The maximum atomic E-state index is 6.06. The van der Waals surface area contributed by atoms with Crippen LogP contribution in [0.5, 0.6) is 5.75 Å². The zero-order valence-electron chi connectivity index (χ0n) is 11.1. The summed E-state index contributed by atoms with van der Waals surface area (Å²) in [5.74, 6) is 0.892. The molecule has 0 aromatic heterocycles. The SMILES string of the molecule is Nc1ccc(OC2CCOC3(CCOCC3)C2)cc1. The molecule has 2 heterocycles. The average molecular weight is 263 g/mol. The average Bonchev–Trinajstić information content (AvgIpc) is 2.42. The number of benzene rings is 1. The van der Waals surface area contributed by atoms with Gasteiger partial charge in [-0.15, -0.1) is 0 Å². The molecule has 104 valence electrons. The van der Waals surface area contributed by atoms with Crippen LogP contribution >= 0.6 is 0 Å². The van der Waals surface area contributed by atoms with Crippen molar-refractivity contribution >= 4 is 5.69 Å². The summed E-state index contributed by atoms with van der Waals surface area (Å²) in [6, 6.07) is 7.61. The molecule has 2 aliphatic rings. The molecule has 2 fully saturated rings. The Morgan fingerprint density at radius 1 is 1.11 bits per heavy atom. The zero-order valence-corrected chi connectivity index (χ0v) is 11.1. The number of anilines is 1. The van der Waals surface area contributed by atoms with Gasteiger partial charge in [0.25, 0.3) is 0 Å². The summed E-state index contributed by atoms with van der Waals surface area (Å²) in [5.41, 5.74) is 6.43. The molecule has 2 saturated heterocycles. The Kier molecular flexibility index (Phi) is 3.62. The molecule has 4 nitrogen and oxygen atoms in total. The van der Waals surface area contributed by atoms with Gasteiger partial charge in [0.1, 0.15) is 11.9 Å². The summed E-state index contributed by atoms with van der Waals surface area (Å²) in [6.45, 7) is 2.38. The zero-order chi connectivity index (χ0) is 13.1. The van der Waals surface area contributed by atoms with Crippen LogP contribution < -0.4 is 10.5 Å². The van der Waals surface area contributed by atoms with Crippen molar-refractivity contribution in [3.8, 4) is 5.75 Å². The molecule has 3 rings (SSSR count). The molecule has 0 saturated carbocycles. The van der Waals surface area contributed by atoms with Gasteiger partial charge >= 0.3 is 0 Å². The van der Waals surface area contributed by atoms with Gasteiger partial charge in [-0.2, -0.15) is 0 Å². The van der Waals surface area contributed by atoms with E-state index in [4.69, 9.17) is 19.9 Å². The van der Waals surface area contributed by atoms with Gasteiger partial charge in [0.15, 0.2) is 0 Å². The fourth-order valence-electron chi connectivity index (χ4n) is 2.91. The van der Waals surface area contributed by atoms with E-state index in [0.717, 1.165) is 56.9 Å². The highest BCUT2D eigenvalue weighted by Gasteiger charge is 2.39. The molecule has 2 aliphatic heterocycles. The van der Waals surface area contributed by atoms with E-state index in [1.54, 1.807) is 0 Å². The van der Waals surface area contributed by atoms with E-state index in [9.17, 15) is 0 Å². The van der Waals surface area contributed by atoms with Crippen LogP contribution in [0.4, 0.5) is 5.69 Å². The van der Waals surface area contributed by atoms with E-state index in [2.05, 4.69) is 0 Å². The van der Waals surface area contributed by atoms with Crippen molar-refractivity contribution in [3.63, 3.8) is 0 Å². The molecule has 2 N–H and O–H groups in total. The Labute approximate surface area is 113 Å². The number of nitrogen functional groups attached to an aromatic ring is 1. The van der Waals surface area contributed by atoms with Gasteiger partial charge in [0, 0.05) is 31.7 Å². The largest absolute Gasteiger partial charge is 0.490 e. The smallest absolute Gasteiger partial charge is 0.119 e. The van der Waals surface area contributed by atoms with Crippen molar-refractivity contribution in [2.24, 2.45) is 0 Å². The van der Waals surface area contributed by atoms with Crippen molar-refractivity contribution in [2.45, 2.75) is 37.4 Å². The molecule has 0 radical (unpaired) electrons. The van der Waals surface area contributed by atoms with Gasteiger partial charge in [0.2, 0.25) is 0 Å². The predicted octanol–water partition coefficient (Wildman–Crippen LogP) is 2.38.